The van der Waals surface area contributed by atoms with Crippen molar-refractivity contribution in [1.82, 2.24) is 0 Å². The molecule has 5 unspecified atom stereocenters. The third-order valence-corrected chi connectivity index (χ3v) is 5.90. The molecule has 5 atom stereocenters. The van der Waals surface area contributed by atoms with E-state index in [1.54, 1.807) is 6.08 Å². The number of aliphatic hydroxyl groups is 5. The summed E-state index contributed by atoms with van der Waals surface area (Å²) < 4.78 is 5.64. The first-order valence-electron chi connectivity index (χ1n) is 8.27. The van der Waals surface area contributed by atoms with E-state index < -0.39 is 17.6 Å². The molecule has 130 valence electrons. The lowest BCUT2D eigenvalue weighted by atomic mass is 9.71. The molecule has 0 saturated carbocycles. The van der Waals surface area contributed by atoms with Gasteiger partial charge in [0.25, 0.3) is 0 Å². The first-order chi connectivity index (χ1) is 11.2. The third kappa shape index (κ3) is 1.84. The molecule has 3 aliphatic carbocycles. The molecule has 24 heavy (non-hydrogen) atoms. The van der Waals surface area contributed by atoms with E-state index in [9.17, 15) is 25.5 Å². The van der Waals surface area contributed by atoms with Crippen molar-refractivity contribution >= 4 is 0 Å². The Hall–Kier alpha value is -1.92. The second kappa shape index (κ2) is 4.80. The Kier molecular flexibility index (Phi) is 3.12. The molecule has 6 nitrogen and oxygen atoms in total. The Labute approximate surface area is 139 Å². The second-order valence-electron chi connectivity index (χ2n) is 7.47. The molecular formula is C18H22O6. The molecule has 0 amide bonds. The molecular weight excluding hydrogens is 312 g/mol. The maximum atomic E-state index is 11.2. The highest BCUT2D eigenvalue weighted by Gasteiger charge is 2.56. The van der Waals surface area contributed by atoms with Gasteiger partial charge in [-0.05, 0) is 23.1 Å². The van der Waals surface area contributed by atoms with Gasteiger partial charge in [0.05, 0.1) is 0 Å². The fourth-order valence-electron chi connectivity index (χ4n) is 4.64. The molecule has 0 saturated heterocycles. The monoisotopic (exact) mass is 334 g/mol. The number of ether oxygens (including phenoxy) is 1. The lowest BCUT2D eigenvalue weighted by Crippen LogP contribution is -2.46. The lowest BCUT2D eigenvalue weighted by molar-refractivity contribution is -0.0650. The molecule has 6 heteroatoms. The van der Waals surface area contributed by atoms with Crippen LogP contribution in [0, 0.1) is 17.8 Å². The van der Waals surface area contributed by atoms with E-state index in [0.717, 1.165) is 16.7 Å². The Morgan fingerprint density at radius 3 is 2.62 bits per heavy atom. The minimum atomic E-state index is -1.17. The van der Waals surface area contributed by atoms with Gasteiger partial charge >= 0.3 is 0 Å². The second-order valence-corrected chi connectivity index (χ2v) is 7.47. The first-order valence-corrected chi connectivity index (χ1v) is 8.27. The summed E-state index contributed by atoms with van der Waals surface area (Å²) >= 11 is 0. The quantitative estimate of drug-likeness (QED) is 0.464. The van der Waals surface area contributed by atoms with Crippen LogP contribution in [0.2, 0.25) is 0 Å². The van der Waals surface area contributed by atoms with E-state index in [1.165, 1.54) is 0 Å². The average molecular weight is 334 g/mol. The van der Waals surface area contributed by atoms with Crippen LogP contribution < -0.4 is 0 Å². The smallest absolute Gasteiger partial charge is 0.196 e. The van der Waals surface area contributed by atoms with Gasteiger partial charge in [0.1, 0.15) is 29.8 Å². The normalized spacial score (nSPS) is 41.6. The van der Waals surface area contributed by atoms with E-state index in [-0.39, 0.29) is 47.9 Å². The van der Waals surface area contributed by atoms with Crippen molar-refractivity contribution in [2.75, 3.05) is 6.61 Å². The van der Waals surface area contributed by atoms with Crippen molar-refractivity contribution in [2.24, 2.45) is 17.8 Å². The molecule has 0 aromatic carbocycles. The van der Waals surface area contributed by atoms with Crippen LogP contribution in [0.4, 0.5) is 0 Å². The molecule has 4 rings (SSSR count). The van der Waals surface area contributed by atoms with Crippen LogP contribution in [0.1, 0.15) is 26.7 Å². The molecule has 1 aliphatic heterocycles. The van der Waals surface area contributed by atoms with Gasteiger partial charge in [-0.2, -0.15) is 0 Å². The third-order valence-electron chi connectivity index (χ3n) is 5.90. The lowest BCUT2D eigenvalue weighted by Gasteiger charge is -2.42. The molecule has 0 aromatic rings. The summed E-state index contributed by atoms with van der Waals surface area (Å²) in [5, 5.41) is 51.5. The number of hydrogen-bond acceptors (Lipinski definition) is 6. The average Bonchev–Trinajstić information content (AvgIpc) is 2.83. The van der Waals surface area contributed by atoms with Gasteiger partial charge in [-0.25, -0.2) is 0 Å². The van der Waals surface area contributed by atoms with Gasteiger partial charge in [0.2, 0.25) is 0 Å². The van der Waals surface area contributed by atoms with Gasteiger partial charge in [0.15, 0.2) is 11.5 Å². The van der Waals surface area contributed by atoms with Crippen LogP contribution in [0.15, 0.2) is 45.8 Å². The minimum absolute atomic E-state index is 0.00895. The van der Waals surface area contributed by atoms with Crippen molar-refractivity contribution < 1.29 is 30.3 Å². The summed E-state index contributed by atoms with van der Waals surface area (Å²) in [7, 11) is 0. The highest BCUT2D eigenvalue weighted by Crippen LogP contribution is 2.56. The number of hydrogen-bond donors (Lipinski definition) is 5. The summed E-state index contributed by atoms with van der Waals surface area (Å²) in [6.07, 6.45) is 1.20. The summed E-state index contributed by atoms with van der Waals surface area (Å²) in [5.74, 6) is -1.07. The van der Waals surface area contributed by atoms with E-state index in [1.807, 2.05) is 13.8 Å². The van der Waals surface area contributed by atoms with E-state index in [2.05, 4.69) is 0 Å². The molecule has 0 fully saturated rings. The zero-order chi connectivity index (χ0) is 17.4. The SMILES string of the molecule is CC1CC(O)=C(O)C2=C1C1C3=C(CC1(O)CO2)C(C)C(O)C(O)=C3. The molecule has 0 bridgehead atoms. The predicted octanol–water partition coefficient (Wildman–Crippen LogP) is 2.14. The molecule has 0 aromatic heterocycles. The van der Waals surface area contributed by atoms with E-state index in [0.29, 0.717) is 6.42 Å². The largest absolute Gasteiger partial charge is 0.510 e. The van der Waals surface area contributed by atoms with Crippen LogP contribution >= 0.6 is 0 Å². The molecule has 5 N–H and O–H groups in total. The molecule has 4 aliphatic rings. The van der Waals surface area contributed by atoms with Crippen molar-refractivity contribution in [3.05, 3.63) is 45.8 Å². The topological polar surface area (TPSA) is 110 Å². The number of allylic oxidation sites excluding steroid dienone is 2. The summed E-state index contributed by atoms with van der Waals surface area (Å²) in [5.41, 5.74) is 1.29. The highest BCUT2D eigenvalue weighted by molar-refractivity contribution is 5.52. The molecule has 0 radical (unpaired) electrons. The maximum absolute atomic E-state index is 11.2. The van der Waals surface area contributed by atoms with Gasteiger partial charge in [-0.15, -0.1) is 0 Å². The zero-order valence-electron chi connectivity index (χ0n) is 13.7. The zero-order valence-corrected chi connectivity index (χ0v) is 13.7. The van der Waals surface area contributed by atoms with Crippen molar-refractivity contribution in [3.63, 3.8) is 0 Å². The van der Waals surface area contributed by atoms with Crippen LogP contribution in [-0.4, -0.2) is 43.8 Å². The van der Waals surface area contributed by atoms with Gasteiger partial charge in [-0.1, -0.05) is 19.4 Å². The predicted molar refractivity (Wildman–Crippen MR) is 85.0 cm³/mol. The first kappa shape index (κ1) is 15.6. The Bertz CT molecular complexity index is 743. The highest BCUT2D eigenvalue weighted by atomic mass is 16.5. The van der Waals surface area contributed by atoms with Crippen molar-refractivity contribution in [3.8, 4) is 0 Å². The molecule has 1 heterocycles. The van der Waals surface area contributed by atoms with E-state index in [4.69, 9.17) is 4.74 Å². The van der Waals surface area contributed by atoms with Gasteiger partial charge < -0.3 is 30.3 Å². The van der Waals surface area contributed by atoms with Gasteiger partial charge in [0, 0.05) is 24.7 Å². The summed E-state index contributed by atoms with van der Waals surface area (Å²) in [4.78, 5) is 0. The van der Waals surface area contributed by atoms with Crippen molar-refractivity contribution in [1.29, 1.82) is 0 Å². The number of rotatable bonds is 0. The van der Waals surface area contributed by atoms with Crippen LogP contribution in [-0.2, 0) is 4.74 Å². The summed E-state index contributed by atoms with van der Waals surface area (Å²) in [6, 6.07) is 0. The van der Waals surface area contributed by atoms with Crippen LogP contribution in [0.25, 0.3) is 0 Å². The summed E-state index contributed by atoms with van der Waals surface area (Å²) in [6.45, 7) is 3.73. The number of aliphatic hydroxyl groups excluding tert-OH is 4. The fourth-order valence-corrected chi connectivity index (χ4v) is 4.64. The Morgan fingerprint density at radius 1 is 1.21 bits per heavy atom. The Morgan fingerprint density at radius 2 is 1.92 bits per heavy atom. The standard InChI is InChI=1S/C18H22O6/c1-7-3-11(19)16(22)17-13(7)14-9-4-12(20)15(21)8(2)10(9)5-18(14,23)6-24-17/h4,7-8,14-15,19-23H,3,5-6H2,1-2H3. The minimum Gasteiger partial charge on any atom is -0.510 e. The van der Waals surface area contributed by atoms with E-state index >= 15 is 0 Å². The maximum Gasteiger partial charge on any atom is 0.196 e. The number of fused-ring (bicyclic) bond motifs is 3. The Balaban J connectivity index is 1.90. The van der Waals surface area contributed by atoms with Crippen LogP contribution in [0.5, 0.6) is 0 Å². The van der Waals surface area contributed by atoms with Crippen molar-refractivity contribution in [2.45, 2.75) is 38.4 Å². The molecule has 0 spiro atoms. The van der Waals surface area contributed by atoms with Gasteiger partial charge in [-0.3, -0.25) is 0 Å². The van der Waals surface area contributed by atoms with Crippen LogP contribution in [0.3, 0.4) is 0 Å². The fraction of sp³-hybridized carbons (Fsp3) is 0.556.